The molecule has 0 bridgehead atoms. The molecule has 17 heavy (non-hydrogen) atoms. The van der Waals surface area contributed by atoms with Gasteiger partial charge in [0, 0.05) is 19.6 Å². The Labute approximate surface area is 105 Å². The Hall–Kier alpha value is -1.01. The number of carbonyl (C=O) groups excluding carboxylic acids is 1. The first-order valence-electron chi connectivity index (χ1n) is 5.81. The number of hydrogen-bond donors (Lipinski definition) is 1. The van der Waals surface area contributed by atoms with E-state index in [9.17, 15) is 4.79 Å². The van der Waals surface area contributed by atoms with Crippen LogP contribution in [0, 0.1) is 6.92 Å². The van der Waals surface area contributed by atoms with E-state index >= 15 is 0 Å². The Bertz CT molecular complexity index is 399. The van der Waals surface area contributed by atoms with Crippen molar-refractivity contribution in [1.82, 2.24) is 15.5 Å². The number of aromatic nitrogens is 2. The van der Waals surface area contributed by atoms with Crippen molar-refractivity contribution >= 4 is 17.2 Å². The van der Waals surface area contributed by atoms with Gasteiger partial charge in [-0.05, 0) is 26.7 Å². The Morgan fingerprint density at radius 1 is 1.59 bits per heavy atom. The zero-order valence-corrected chi connectivity index (χ0v) is 11.0. The highest BCUT2D eigenvalue weighted by atomic mass is 32.1. The molecule has 1 fully saturated rings. The molecular formula is C11H17N3O2S. The van der Waals surface area contributed by atoms with E-state index in [2.05, 4.69) is 15.5 Å². The quantitative estimate of drug-likeness (QED) is 0.874. The molecule has 1 aromatic heterocycles. The average Bonchev–Trinajstić information content (AvgIpc) is 2.89. The molecule has 2 rings (SSSR count). The van der Waals surface area contributed by atoms with Crippen molar-refractivity contribution in [1.29, 1.82) is 0 Å². The van der Waals surface area contributed by atoms with Crippen molar-refractivity contribution < 1.29 is 9.53 Å². The van der Waals surface area contributed by atoms with E-state index in [1.807, 2.05) is 13.8 Å². The van der Waals surface area contributed by atoms with Crippen molar-refractivity contribution in [3.8, 4) is 0 Å². The minimum atomic E-state index is -0.628. The number of nitrogens with one attached hydrogen (secondary N) is 1. The van der Waals surface area contributed by atoms with Crippen molar-refractivity contribution in [2.24, 2.45) is 0 Å². The maximum absolute atomic E-state index is 11.9. The lowest BCUT2D eigenvalue weighted by atomic mass is 10.0. The SMILES string of the molecule is Cc1nnc(CCNC(=O)[C@]2(C)CCCO2)s1. The van der Waals surface area contributed by atoms with Gasteiger partial charge in [-0.1, -0.05) is 0 Å². The lowest BCUT2D eigenvalue weighted by Crippen LogP contribution is -2.44. The van der Waals surface area contributed by atoms with Gasteiger partial charge >= 0.3 is 0 Å². The number of aryl methyl sites for hydroxylation is 1. The Morgan fingerprint density at radius 3 is 3.00 bits per heavy atom. The van der Waals surface area contributed by atoms with Gasteiger partial charge in [-0.2, -0.15) is 0 Å². The molecule has 0 saturated carbocycles. The standard InChI is InChI=1S/C11H17N3O2S/c1-8-13-14-9(17-8)4-6-12-10(15)11(2)5-3-7-16-11/h3-7H2,1-2H3,(H,12,15)/t11-/m0/s1. The first-order chi connectivity index (χ1) is 8.10. The number of ether oxygens (including phenoxy) is 1. The lowest BCUT2D eigenvalue weighted by Gasteiger charge is -2.21. The molecular weight excluding hydrogens is 238 g/mol. The zero-order valence-electron chi connectivity index (χ0n) is 10.2. The summed E-state index contributed by atoms with van der Waals surface area (Å²) in [5.74, 6) is -0.0174. The molecule has 1 N–H and O–H groups in total. The van der Waals surface area contributed by atoms with Gasteiger partial charge in [0.05, 0.1) is 0 Å². The highest BCUT2D eigenvalue weighted by Crippen LogP contribution is 2.24. The van der Waals surface area contributed by atoms with Crippen LogP contribution < -0.4 is 5.32 Å². The predicted molar refractivity (Wildman–Crippen MR) is 65.0 cm³/mol. The van der Waals surface area contributed by atoms with Crippen LogP contribution >= 0.6 is 11.3 Å². The van der Waals surface area contributed by atoms with Crippen molar-refractivity contribution in [2.45, 2.75) is 38.7 Å². The average molecular weight is 255 g/mol. The summed E-state index contributed by atoms with van der Waals surface area (Å²) in [6, 6.07) is 0. The first-order valence-corrected chi connectivity index (χ1v) is 6.63. The molecule has 0 spiro atoms. The maximum atomic E-state index is 11.9. The van der Waals surface area contributed by atoms with Crippen LogP contribution in [0.25, 0.3) is 0 Å². The molecule has 6 heteroatoms. The van der Waals surface area contributed by atoms with Gasteiger partial charge in [0.1, 0.15) is 15.6 Å². The third-order valence-electron chi connectivity index (χ3n) is 2.89. The minimum Gasteiger partial charge on any atom is -0.365 e. The molecule has 1 atom stereocenters. The van der Waals surface area contributed by atoms with E-state index in [1.54, 1.807) is 11.3 Å². The highest BCUT2D eigenvalue weighted by molar-refractivity contribution is 7.11. The molecule has 94 valence electrons. The van der Waals surface area contributed by atoms with Crippen LogP contribution in [0.5, 0.6) is 0 Å². The Morgan fingerprint density at radius 2 is 2.41 bits per heavy atom. The number of amides is 1. The third-order valence-corrected chi connectivity index (χ3v) is 3.79. The van der Waals surface area contributed by atoms with Gasteiger partial charge in [0.25, 0.3) is 5.91 Å². The summed E-state index contributed by atoms with van der Waals surface area (Å²) in [6.45, 7) is 5.05. The molecule has 0 aromatic carbocycles. The normalized spacial score (nSPS) is 23.9. The maximum Gasteiger partial charge on any atom is 0.251 e. The highest BCUT2D eigenvalue weighted by Gasteiger charge is 2.37. The van der Waals surface area contributed by atoms with Crippen LogP contribution in [0.2, 0.25) is 0 Å². The molecule has 1 aliphatic heterocycles. The molecule has 0 aliphatic carbocycles. The summed E-state index contributed by atoms with van der Waals surface area (Å²) in [5.41, 5.74) is -0.628. The monoisotopic (exact) mass is 255 g/mol. The van der Waals surface area contributed by atoms with Crippen LogP contribution in [0.15, 0.2) is 0 Å². The number of rotatable bonds is 4. The van der Waals surface area contributed by atoms with E-state index in [1.165, 1.54) is 0 Å². The topological polar surface area (TPSA) is 64.1 Å². The van der Waals surface area contributed by atoms with Gasteiger partial charge in [0.2, 0.25) is 0 Å². The molecule has 5 nitrogen and oxygen atoms in total. The van der Waals surface area contributed by atoms with E-state index in [-0.39, 0.29) is 5.91 Å². The molecule has 1 saturated heterocycles. The first kappa shape index (κ1) is 12.4. The summed E-state index contributed by atoms with van der Waals surface area (Å²) in [6.07, 6.45) is 2.49. The summed E-state index contributed by atoms with van der Waals surface area (Å²) >= 11 is 1.57. The Balaban J connectivity index is 1.77. The van der Waals surface area contributed by atoms with Crippen molar-refractivity contribution in [3.05, 3.63) is 10.0 Å². The van der Waals surface area contributed by atoms with Gasteiger partial charge in [-0.15, -0.1) is 21.5 Å². The van der Waals surface area contributed by atoms with E-state index in [0.29, 0.717) is 13.2 Å². The van der Waals surface area contributed by atoms with Gasteiger partial charge < -0.3 is 10.1 Å². The van der Waals surface area contributed by atoms with Gasteiger partial charge in [-0.3, -0.25) is 4.79 Å². The summed E-state index contributed by atoms with van der Waals surface area (Å²) in [7, 11) is 0. The summed E-state index contributed by atoms with van der Waals surface area (Å²) in [4.78, 5) is 11.9. The van der Waals surface area contributed by atoms with Crippen LogP contribution in [-0.4, -0.2) is 34.9 Å². The smallest absolute Gasteiger partial charge is 0.251 e. The van der Waals surface area contributed by atoms with Crippen LogP contribution in [-0.2, 0) is 16.0 Å². The summed E-state index contributed by atoms with van der Waals surface area (Å²) in [5, 5.41) is 12.8. The Kier molecular flexibility index (Phi) is 3.73. The van der Waals surface area contributed by atoms with Crippen LogP contribution in [0.3, 0.4) is 0 Å². The molecule has 1 amide bonds. The largest absolute Gasteiger partial charge is 0.365 e. The van der Waals surface area contributed by atoms with Crippen LogP contribution in [0.4, 0.5) is 0 Å². The third kappa shape index (κ3) is 3.01. The summed E-state index contributed by atoms with van der Waals surface area (Å²) < 4.78 is 5.47. The molecule has 0 radical (unpaired) electrons. The van der Waals surface area contributed by atoms with E-state index in [0.717, 1.165) is 29.3 Å². The van der Waals surface area contributed by atoms with Crippen LogP contribution in [0.1, 0.15) is 29.8 Å². The fourth-order valence-electron chi connectivity index (χ4n) is 1.87. The minimum absolute atomic E-state index is 0.0174. The number of nitrogens with zero attached hydrogens (tertiary/aromatic N) is 2. The van der Waals surface area contributed by atoms with Gasteiger partial charge in [-0.25, -0.2) is 0 Å². The molecule has 0 unspecified atom stereocenters. The second kappa shape index (κ2) is 5.10. The second-order valence-electron chi connectivity index (χ2n) is 4.40. The molecule has 1 aromatic rings. The molecule has 2 heterocycles. The predicted octanol–water partition coefficient (Wildman–Crippen LogP) is 1.07. The fraction of sp³-hybridized carbons (Fsp3) is 0.727. The zero-order chi connectivity index (χ0) is 12.3. The van der Waals surface area contributed by atoms with E-state index in [4.69, 9.17) is 4.74 Å². The molecule has 1 aliphatic rings. The fourth-order valence-corrected chi connectivity index (χ4v) is 2.58. The van der Waals surface area contributed by atoms with E-state index < -0.39 is 5.60 Å². The van der Waals surface area contributed by atoms with Crippen molar-refractivity contribution in [3.63, 3.8) is 0 Å². The number of carbonyl (C=O) groups is 1. The number of hydrogen-bond acceptors (Lipinski definition) is 5. The second-order valence-corrected chi connectivity index (χ2v) is 5.67. The van der Waals surface area contributed by atoms with Gasteiger partial charge in [0.15, 0.2) is 0 Å². The lowest BCUT2D eigenvalue weighted by molar-refractivity contribution is -0.139. The van der Waals surface area contributed by atoms with Crippen molar-refractivity contribution in [2.75, 3.05) is 13.2 Å².